The first-order chi connectivity index (χ1) is 20.5. The van der Waals surface area contributed by atoms with E-state index in [0.717, 1.165) is 16.7 Å². The van der Waals surface area contributed by atoms with E-state index in [1.165, 1.54) is 0 Å². The average molecular weight is 634 g/mol. The Bertz CT molecular complexity index is 1370. The van der Waals surface area contributed by atoms with Crippen LogP contribution in [0, 0.1) is 0 Å². The standard InChI is InChI=1S/C34H33BrO7/c35-34(37)32(40-23-27-17-9-3-10-18-27)31(39-22-26-15-7-2-8-16-26)30(38-21-25-13-5-1-6-14-25)29(42-34)24-41-33(36)28-19-11-4-12-20-28/h1-20,29-32,37H,21-24H2/t29-,30+,31+,32-,34-/m1/s1. The fourth-order valence-corrected chi connectivity index (χ4v) is 5.39. The smallest absolute Gasteiger partial charge is 0.338 e. The van der Waals surface area contributed by atoms with E-state index in [-0.39, 0.29) is 26.4 Å². The molecular weight excluding hydrogens is 600 g/mol. The molecule has 5 rings (SSSR count). The van der Waals surface area contributed by atoms with Gasteiger partial charge in [0.05, 0.1) is 25.4 Å². The highest BCUT2D eigenvalue weighted by Crippen LogP contribution is 2.39. The predicted molar refractivity (Wildman–Crippen MR) is 161 cm³/mol. The molecule has 0 bridgehead atoms. The summed E-state index contributed by atoms with van der Waals surface area (Å²) in [7, 11) is 0. The van der Waals surface area contributed by atoms with Crippen LogP contribution in [-0.4, -0.2) is 46.8 Å². The van der Waals surface area contributed by atoms with Crippen LogP contribution in [0.5, 0.6) is 0 Å². The van der Waals surface area contributed by atoms with Crippen molar-refractivity contribution in [2.45, 2.75) is 48.9 Å². The average Bonchev–Trinajstić information content (AvgIpc) is 3.03. The normalized spacial score (nSPS) is 23.8. The van der Waals surface area contributed by atoms with Gasteiger partial charge in [0.25, 0.3) is 4.70 Å². The molecule has 0 spiro atoms. The molecule has 1 saturated heterocycles. The van der Waals surface area contributed by atoms with E-state index in [2.05, 4.69) is 15.9 Å². The fourth-order valence-electron chi connectivity index (χ4n) is 4.75. The molecule has 5 atom stereocenters. The maximum Gasteiger partial charge on any atom is 0.338 e. The molecule has 0 unspecified atom stereocenters. The van der Waals surface area contributed by atoms with Crippen LogP contribution in [0.3, 0.4) is 0 Å². The molecule has 4 aromatic carbocycles. The number of aliphatic hydroxyl groups is 1. The van der Waals surface area contributed by atoms with Gasteiger partial charge in [-0.15, -0.1) is 0 Å². The zero-order valence-corrected chi connectivity index (χ0v) is 24.5. The highest BCUT2D eigenvalue weighted by atomic mass is 79.9. The van der Waals surface area contributed by atoms with Gasteiger partial charge in [-0.2, -0.15) is 0 Å². The molecule has 1 aliphatic rings. The van der Waals surface area contributed by atoms with Crippen molar-refractivity contribution in [1.29, 1.82) is 0 Å². The van der Waals surface area contributed by atoms with E-state index in [4.69, 9.17) is 23.7 Å². The van der Waals surface area contributed by atoms with Crippen LogP contribution in [-0.2, 0) is 43.5 Å². The van der Waals surface area contributed by atoms with Gasteiger partial charge in [0, 0.05) is 0 Å². The predicted octanol–water partition coefficient (Wildman–Crippen LogP) is 6.04. The largest absolute Gasteiger partial charge is 0.459 e. The molecule has 0 amide bonds. The molecule has 1 fully saturated rings. The Balaban J connectivity index is 1.42. The van der Waals surface area contributed by atoms with Crippen molar-refractivity contribution in [3.8, 4) is 0 Å². The molecule has 7 nitrogen and oxygen atoms in total. The van der Waals surface area contributed by atoms with Gasteiger partial charge in [-0.25, -0.2) is 4.79 Å². The Kier molecular flexibility index (Phi) is 10.5. The summed E-state index contributed by atoms with van der Waals surface area (Å²) in [5.41, 5.74) is 3.21. The lowest BCUT2D eigenvalue weighted by molar-refractivity contribution is -0.328. The minimum Gasteiger partial charge on any atom is -0.459 e. The third-order valence-electron chi connectivity index (χ3n) is 6.89. The highest BCUT2D eigenvalue weighted by molar-refractivity contribution is 9.10. The molecule has 8 heteroatoms. The van der Waals surface area contributed by atoms with Crippen LogP contribution in [0.1, 0.15) is 27.0 Å². The summed E-state index contributed by atoms with van der Waals surface area (Å²) in [5.74, 6) is -0.511. The van der Waals surface area contributed by atoms with E-state index in [9.17, 15) is 9.90 Å². The molecule has 0 radical (unpaired) electrons. The summed E-state index contributed by atoms with van der Waals surface area (Å²) in [4.78, 5) is 12.8. The Morgan fingerprint density at radius 1 is 0.667 bits per heavy atom. The zero-order valence-electron chi connectivity index (χ0n) is 23.0. The maximum atomic E-state index is 12.8. The van der Waals surface area contributed by atoms with E-state index in [1.807, 2.05) is 97.1 Å². The summed E-state index contributed by atoms with van der Waals surface area (Å²) in [6.45, 7) is 0.502. The van der Waals surface area contributed by atoms with Crippen LogP contribution >= 0.6 is 15.9 Å². The summed E-state index contributed by atoms with van der Waals surface area (Å²) in [6.07, 6.45) is -3.46. The van der Waals surface area contributed by atoms with Crippen molar-refractivity contribution >= 4 is 21.9 Å². The number of ether oxygens (including phenoxy) is 5. The van der Waals surface area contributed by atoms with Gasteiger partial charge < -0.3 is 28.8 Å². The second-order valence-corrected chi connectivity index (χ2v) is 11.1. The summed E-state index contributed by atoms with van der Waals surface area (Å²) >= 11 is 3.35. The first kappa shape index (κ1) is 30.1. The van der Waals surface area contributed by atoms with Crippen LogP contribution in [0.25, 0.3) is 0 Å². The van der Waals surface area contributed by atoms with E-state index >= 15 is 0 Å². The number of halogens is 1. The number of hydrogen-bond donors (Lipinski definition) is 1. The number of carbonyl (C=O) groups excluding carboxylic acids is 1. The lowest BCUT2D eigenvalue weighted by Gasteiger charge is -2.47. The molecule has 1 heterocycles. The van der Waals surface area contributed by atoms with Gasteiger partial charge in [0.15, 0.2) is 6.10 Å². The first-order valence-corrected chi connectivity index (χ1v) is 14.6. The Hall–Kier alpha value is -3.37. The lowest BCUT2D eigenvalue weighted by Crippen LogP contribution is -2.65. The number of benzene rings is 4. The van der Waals surface area contributed by atoms with Crippen molar-refractivity contribution in [2.24, 2.45) is 0 Å². The van der Waals surface area contributed by atoms with E-state index in [1.54, 1.807) is 24.3 Å². The molecule has 0 saturated carbocycles. The van der Waals surface area contributed by atoms with Crippen LogP contribution in [0.2, 0.25) is 0 Å². The Labute approximate surface area is 254 Å². The molecule has 0 aliphatic carbocycles. The summed E-state index contributed by atoms with van der Waals surface area (Å²) in [5, 5.41) is 11.5. The molecule has 42 heavy (non-hydrogen) atoms. The third-order valence-corrected chi connectivity index (χ3v) is 7.53. The molecule has 1 aliphatic heterocycles. The van der Waals surface area contributed by atoms with Crippen molar-refractivity contribution in [1.82, 2.24) is 0 Å². The van der Waals surface area contributed by atoms with Crippen LogP contribution in [0.4, 0.5) is 0 Å². The Morgan fingerprint density at radius 2 is 1.10 bits per heavy atom. The van der Waals surface area contributed by atoms with Gasteiger partial charge in [0.2, 0.25) is 0 Å². The van der Waals surface area contributed by atoms with Gasteiger partial charge in [-0.05, 0) is 44.8 Å². The van der Waals surface area contributed by atoms with Crippen LogP contribution in [0.15, 0.2) is 121 Å². The van der Waals surface area contributed by atoms with E-state index in [0.29, 0.717) is 5.56 Å². The number of alkyl halides is 1. The topological polar surface area (TPSA) is 83.5 Å². The minimum absolute atomic E-state index is 0.183. The monoisotopic (exact) mass is 632 g/mol. The number of hydrogen-bond acceptors (Lipinski definition) is 7. The van der Waals surface area contributed by atoms with Gasteiger partial charge >= 0.3 is 5.97 Å². The molecule has 0 aromatic heterocycles. The van der Waals surface area contributed by atoms with Gasteiger partial charge in [0.1, 0.15) is 24.9 Å². The van der Waals surface area contributed by atoms with Crippen molar-refractivity contribution in [3.05, 3.63) is 144 Å². The second-order valence-electron chi connectivity index (χ2n) is 9.97. The molecule has 4 aromatic rings. The Morgan fingerprint density at radius 3 is 1.60 bits per heavy atom. The van der Waals surface area contributed by atoms with Crippen molar-refractivity contribution in [2.75, 3.05) is 6.61 Å². The van der Waals surface area contributed by atoms with Crippen molar-refractivity contribution < 1.29 is 33.6 Å². The minimum atomic E-state index is -1.96. The quantitative estimate of drug-likeness (QED) is 0.151. The first-order valence-electron chi connectivity index (χ1n) is 13.8. The molecular formula is C34H33BrO7. The lowest BCUT2D eigenvalue weighted by atomic mass is 9.97. The third kappa shape index (κ3) is 8.13. The zero-order chi connectivity index (χ0) is 29.2. The summed E-state index contributed by atoms with van der Waals surface area (Å²) in [6, 6.07) is 37.8. The van der Waals surface area contributed by atoms with Gasteiger partial charge in [-0.1, -0.05) is 109 Å². The fraction of sp³-hybridized carbons (Fsp3) is 0.265. The number of esters is 1. The number of carbonyl (C=O) groups is 1. The van der Waals surface area contributed by atoms with Crippen LogP contribution < -0.4 is 0 Å². The summed E-state index contributed by atoms with van der Waals surface area (Å²) < 4.78 is 29.0. The highest BCUT2D eigenvalue weighted by Gasteiger charge is 2.55. The van der Waals surface area contributed by atoms with E-state index < -0.39 is 35.1 Å². The van der Waals surface area contributed by atoms with Gasteiger partial charge in [-0.3, -0.25) is 0 Å². The number of rotatable bonds is 12. The molecule has 218 valence electrons. The SMILES string of the molecule is O=C(OC[C@H]1O[C@@](O)(Br)[C@H](OCc2ccccc2)[C@@H](OCc2ccccc2)[C@H]1OCc1ccccc1)c1ccccc1. The second kappa shape index (κ2) is 14.7. The molecule has 1 N–H and O–H groups in total. The maximum absolute atomic E-state index is 12.8. The van der Waals surface area contributed by atoms with Crippen molar-refractivity contribution in [3.63, 3.8) is 0 Å².